The number of anilines is 1. The van der Waals surface area contributed by atoms with Crippen LogP contribution in [0, 0.1) is 5.81 Å². The average Bonchev–Trinajstić information content (AvgIpc) is 2.57. The zero-order chi connectivity index (χ0) is 11.4. The van der Waals surface area contributed by atoms with Crippen molar-refractivity contribution in [2.24, 2.45) is 0 Å². The summed E-state index contributed by atoms with van der Waals surface area (Å²) in [5.41, 5.74) is 5.67. The van der Waals surface area contributed by atoms with E-state index in [0.29, 0.717) is 5.13 Å². The van der Waals surface area contributed by atoms with Gasteiger partial charge in [-0.1, -0.05) is 0 Å². The maximum atomic E-state index is 11.4. The third-order valence-corrected chi connectivity index (χ3v) is 2.91. The molecule has 1 aromatic rings. The molecule has 15 heavy (non-hydrogen) atoms. The number of carbonyl (C=O) groups is 1. The molecule has 5 nitrogen and oxygen atoms in total. The predicted molar refractivity (Wildman–Crippen MR) is 57.5 cm³/mol. The molecule has 0 saturated carbocycles. The number of esters is 1. The zero-order valence-electron chi connectivity index (χ0n) is 8.18. The first kappa shape index (κ1) is 12.0. The number of aromatic nitrogens is 1. The maximum absolute atomic E-state index is 11.4. The second-order valence-electron chi connectivity index (χ2n) is 2.99. The van der Waals surface area contributed by atoms with Crippen molar-refractivity contribution < 1.29 is 14.1 Å². The van der Waals surface area contributed by atoms with Gasteiger partial charge >= 0.3 is 91.3 Å². The van der Waals surface area contributed by atoms with Crippen LogP contribution in [-0.2, 0) is 9.30 Å². The Labute approximate surface area is 91.8 Å². The van der Waals surface area contributed by atoms with Crippen molar-refractivity contribution in [3.63, 3.8) is 0 Å². The van der Waals surface area contributed by atoms with E-state index in [4.69, 9.17) is 5.73 Å². The molecule has 0 amide bonds. The minimum absolute atomic E-state index is 0.132. The molecule has 0 atom stereocenters. The number of carbonyl (C=O) groups excluding carboxylic acids is 1. The van der Waals surface area contributed by atoms with Crippen LogP contribution in [-0.4, -0.2) is 11.0 Å². The van der Waals surface area contributed by atoms with Gasteiger partial charge in [0.1, 0.15) is 0 Å². The molecule has 1 heterocycles. The molecule has 0 spiro atoms. The number of thiazole rings is 1. The Balaban J connectivity index is 3.05. The van der Waals surface area contributed by atoms with Crippen molar-refractivity contribution in [3.8, 4) is 5.81 Å². The van der Waals surface area contributed by atoms with E-state index in [1.54, 1.807) is 0 Å². The Hall–Kier alpha value is -1.09. The molecule has 0 aliphatic heterocycles. The molecule has 80 valence electrons. The molecule has 0 radical (unpaired) electrons. The molecule has 0 aliphatic carbocycles. The third-order valence-electron chi connectivity index (χ3n) is 1.56. The van der Waals surface area contributed by atoms with E-state index in [9.17, 15) is 9.36 Å². The molecule has 0 aromatic carbocycles. The number of hydrogen-bond donors (Lipinski definition) is 1. The van der Waals surface area contributed by atoms with Crippen molar-refractivity contribution in [1.29, 1.82) is 0 Å². The van der Waals surface area contributed by atoms with Crippen molar-refractivity contribution in [3.05, 3.63) is 10.6 Å². The van der Waals surface area contributed by atoms with Crippen molar-refractivity contribution in [1.82, 2.24) is 4.98 Å². The summed E-state index contributed by atoms with van der Waals surface area (Å²) < 4.78 is 14.5. The van der Waals surface area contributed by atoms with Crippen LogP contribution in [0.1, 0.15) is 35.1 Å². The molecule has 0 bridgehead atoms. The van der Waals surface area contributed by atoms with Gasteiger partial charge in [-0.2, -0.15) is 0 Å². The first-order valence-corrected chi connectivity index (χ1v) is 5.73. The van der Waals surface area contributed by atoms with Gasteiger partial charge in [0.15, 0.2) is 0 Å². The van der Waals surface area contributed by atoms with E-state index in [2.05, 4.69) is 9.72 Å². The Morgan fingerprint density at radius 3 is 2.87 bits per heavy atom. The molecule has 0 saturated heterocycles. The topological polar surface area (TPSA) is 82.3 Å². The number of rotatable bonds is 2. The number of nitrogens with zero attached hydrogens (tertiary/aromatic N) is 1. The zero-order valence-corrected chi connectivity index (χ0v) is 9.89. The van der Waals surface area contributed by atoms with Crippen molar-refractivity contribution in [2.45, 2.75) is 19.8 Å². The van der Waals surface area contributed by atoms with Gasteiger partial charge in [-0.3, -0.25) is 0 Å². The summed E-state index contributed by atoms with van der Waals surface area (Å²) in [6.45, 7) is 3.84. The second-order valence-corrected chi connectivity index (χ2v) is 4.42. The van der Waals surface area contributed by atoms with Crippen LogP contribution in [0.3, 0.4) is 0 Å². The first-order valence-electron chi connectivity index (χ1n) is 4.11. The number of nitrogen functional groups attached to an aromatic ring is 1. The fraction of sp³-hybridized carbons (Fsp3) is 0.375. The Morgan fingerprint density at radius 1 is 1.67 bits per heavy atom. The molecule has 1 rings (SSSR count). The van der Waals surface area contributed by atoms with Gasteiger partial charge in [-0.05, 0) is 0 Å². The molecule has 0 fully saturated rings. The third kappa shape index (κ3) is 2.93. The molecule has 1 aromatic heterocycles. The van der Waals surface area contributed by atoms with Crippen LogP contribution in [0.5, 0.6) is 0 Å². The first-order chi connectivity index (χ1) is 7.06. The molecule has 2 N–H and O–H groups in total. The van der Waals surface area contributed by atoms with E-state index in [0.717, 1.165) is 4.88 Å². The summed E-state index contributed by atoms with van der Waals surface area (Å²) in [6.07, 6.45) is 0. The standard InChI is InChI=1S/C8H9N2O3PS/c1-4(2)6-5(10-8(9)15-6)7(11)13-3-14-12/h4H,1-2H3,(H2,9,10). The van der Waals surface area contributed by atoms with Gasteiger partial charge in [0.05, 0.1) is 0 Å². The predicted octanol–water partition coefficient (Wildman–Crippen LogP) is 2.21. The van der Waals surface area contributed by atoms with Crippen molar-refractivity contribution >= 4 is 30.4 Å². The number of hydrogen-bond acceptors (Lipinski definition) is 6. The monoisotopic (exact) mass is 244 g/mol. The van der Waals surface area contributed by atoms with Gasteiger partial charge in [0.25, 0.3) is 0 Å². The van der Waals surface area contributed by atoms with Gasteiger partial charge < -0.3 is 0 Å². The van der Waals surface area contributed by atoms with Gasteiger partial charge in [-0.25, -0.2) is 0 Å². The summed E-state index contributed by atoms with van der Waals surface area (Å²) in [7, 11) is -0.479. The van der Waals surface area contributed by atoms with Gasteiger partial charge in [-0.15, -0.1) is 0 Å². The molecule has 7 heteroatoms. The van der Waals surface area contributed by atoms with Crippen LogP contribution in [0.4, 0.5) is 5.13 Å². The van der Waals surface area contributed by atoms with Gasteiger partial charge in [0, 0.05) is 0 Å². The Morgan fingerprint density at radius 2 is 2.33 bits per heavy atom. The Bertz CT molecular complexity index is 477. The molecular weight excluding hydrogens is 235 g/mol. The number of ether oxygens (including phenoxy) is 1. The van der Waals surface area contributed by atoms with E-state index in [1.807, 2.05) is 19.7 Å². The molecular formula is C8H9N2O3PS. The SMILES string of the molecule is CC(C)c1sc(N)nc1C(=O)OC#P=O. The van der Waals surface area contributed by atoms with Crippen LogP contribution < -0.4 is 5.73 Å². The van der Waals surface area contributed by atoms with E-state index in [-0.39, 0.29) is 11.6 Å². The summed E-state index contributed by atoms with van der Waals surface area (Å²) in [5.74, 6) is 1.36. The summed E-state index contributed by atoms with van der Waals surface area (Å²) in [4.78, 5) is 16.0. The Kier molecular flexibility index (Phi) is 4.09. The van der Waals surface area contributed by atoms with E-state index >= 15 is 0 Å². The van der Waals surface area contributed by atoms with Crippen molar-refractivity contribution in [2.75, 3.05) is 5.73 Å². The van der Waals surface area contributed by atoms with Crippen LogP contribution in [0.15, 0.2) is 0 Å². The minimum atomic E-state index is -0.685. The fourth-order valence-electron chi connectivity index (χ4n) is 0.995. The van der Waals surface area contributed by atoms with Gasteiger partial charge in [0.2, 0.25) is 0 Å². The van der Waals surface area contributed by atoms with Crippen LogP contribution >= 0.6 is 19.3 Å². The molecule has 0 unspecified atom stereocenters. The normalized spacial score (nSPS) is 9.80. The fourth-order valence-corrected chi connectivity index (χ4v) is 1.94. The molecule has 0 aliphatic rings. The van der Waals surface area contributed by atoms with Crippen LogP contribution in [0.25, 0.3) is 0 Å². The summed E-state index contributed by atoms with van der Waals surface area (Å²) >= 11 is 1.24. The van der Waals surface area contributed by atoms with Crippen LogP contribution in [0.2, 0.25) is 0 Å². The van der Waals surface area contributed by atoms with E-state index in [1.165, 1.54) is 11.3 Å². The second kappa shape index (κ2) is 5.12. The average molecular weight is 244 g/mol. The summed E-state index contributed by atoms with van der Waals surface area (Å²) in [6, 6.07) is 0. The summed E-state index contributed by atoms with van der Waals surface area (Å²) in [5, 5.41) is 0.310. The quantitative estimate of drug-likeness (QED) is 0.637. The van der Waals surface area contributed by atoms with E-state index < -0.39 is 13.9 Å². The number of nitrogens with two attached hydrogens (primary N) is 1.